The molecule has 0 spiro atoms. The van der Waals surface area contributed by atoms with Crippen LogP contribution in [-0.4, -0.2) is 21.2 Å². The Kier molecular flexibility index (Phi) is 3.50. The minimum atomic E-state index is 0.282. The van der Waals surface area contributed by atoms with Gasteiger partial charge in [-0.3, -0.25) is 0 Å². The Hall–Kier alpha value is -2.15. The van der Waals surface area contributed by atoms with Crippen LogP contribution in [0.5, 0.6) is 0 Å². The Labute approximate surface area is 123 Å². The molecule has 21 heavy (non-hydrogen) atoms. The molecule has 0 aliphatic heterocycles. The lowest BCUT2D eigenvalue weighted by atomic mass is 9.78. The van der Waals surface area contributed by atoms with E-state index < -0.39 is 0 Å². The lowest BCUT2D eigenvalue weighted by molar-refractivity contribution is 0.345. The van der Waals surface area contributed by atoms with Crippen LogP contribution in [0.25, 0.3) is 0 Å². The second-order valence-corrected chi connectivity index (χ2v) is 5.62. The predicted molar refractivity (Wildman–Crippen MR) is 79.7 cm³/mol. The summed E-state index contributed by atoms with van der Waals surface area (Å²) < 4.78 is 5.15. The highest BCUT2D eigenvalue weighted by atomic mass is 16.5. The van der Waals surface area contributed by atoms with Crippen molar-refractivity contribution in [3.63, 3.8) is 0 Å². The summed E-state index contributed by atoms with van der Waals surface area (Å²) in [5, 5.41) is 7.20. The van der Waals surface area contributed by atoms with Gasteiger partial charge in [-0.25, -0.2) is 4.98 Å². The normalized spacial score (nSPS) is 21.1. The van der Waals surface area contributed by atoms with Gasteiger partial charge in [0.15, 0.2) is 0 Å². The number of hydrogen-bond donors (Lipinski definition) is 3. The van der Waals surface area contributed by atoms with E-state index in [-0.39, 0.29) is 12.0 Å². The van der Waals surface area contributed by atoms with Gasteiger partial charge in [0.1, 0.15) is 11.6 Å². The molecule has 2 aromatic heterocycles. The Balaban J connectivity index is 1.73. The molecule has 2 aromatic rings. The summed E-state index contributed by atoms with van der Waals surface area (Å²) >= 11 is 0. The van der Waals surface area contributed by atoms with E-state index >= 15 is 0 Å². The van der Waals surface area contributed by atoms with Crippen LogP contribution < -0.4 is 16.8 Å². The number of nitrogens with two attached hydrogens (primary N) is 2. The quantitative estimate of drug-likeness (QED) is 0.780. The highest BCUT2D eigenvalue weighted by molar-refractivity contribution is 5.43. The number of nitrogen functional groups attached to an aromatic ring is 1. The van der Waals surface area contributed by atoms with Crippen molar-refractivity contribution in [2.24, 2.45) is 5.73 Å². The summed E-state index contributed by atoms with van der Waals surface area (Å²) in [6.45, 7) is 4.41. The number of aromatic nitrogens is 3. The van der Waals surface area contributed by atoms with Gasteiger partial charge in [-0.15, -0.1) is 0 Å². The van der Waals surface area contributed by atoms with Crippen LogP contribution in [0.4, 0.5) is 11.8 Å². The highest BCUT2D eigenvalue weighted by Gasteiger charge is 2.29. The SMILES string of the molecule is Cc1noc(C)c1CNc1cc(C2CC(N)C2)nc(N)n1. The first-order valence-electron chi connectivity index (χ1n) is 7.08. The van der Waals surface area contributed by atoms with Gasteiger partial charge < -0.3 is 21.3 Å². The largest absolute Gasteiger partial charge is 0.368 e. The smallest absolute Gasteiger partial charge is 0.222 e. The van der Waals surface area contributed by atoms with Crippen molar-refractivity contribution in [2.45, 2.75) is 45.2 Å². The molecule has 0 aromatic carbocycles. The maximum absolute atomic E-state index is 5.83. The summed E-state index contributed by atoms with van der Waals surface area (Å²) in [4.78, 5) is 8.54. The highest BCUT2D eigenvalue weighted by Crippen LogP contribution is 2.35. The molecule has 0 bridgehead atoms. The van der Waals surface area contributed by atoms with Gasteiger partial charge in [0, 0.05) is 30.1 Å². The molecule has 1 aliphatic rings. The molecule has 0 atom stereocenters. The molecule has 0 unspecified atom stereocenters. The first-order chi connectivity index (χ1) is 10.0. The average Bonchev–Trinajstić information content (AvgIpc) is 2.71. The maximum Gasteiger partial charge on any atom is 0.222 e. The molecule has 1 saturated carbocycles. The van der Waals surface area contributed by atoms with E-state index in [4.69, 9.17) is 16.0 Å². The minimum Gasteiger partial charge on any atom is -0.368 e. The second kappa shape index (κ2) is 5.33. The van der Waals surface area contributed by atoms with Crippen LogP contribution in [0.1, 0.15) is 41.5 Å². The first-order valence-corrected chi connectivity index (χ1v) is 7.08. The van der Waals surface area contributed by atoms with Gasteiger partial charge in [-0.1, -0.05) is 5.16 Å². The van der Waals surface area contributed by atoms with Gasteiger partial charge in [-0.05, 0) is 26.7 Å². The van der Waals surface area contributed by atoms with Gasteiger partial charge >= 0.3 is 0 Å². The molecule has 112 valence electrons. The summed E-state index contributed by atoms with van der Waals surface area (Å²) in [7, 11) is 0. The topological polar surface area (TPSA) is 116 Å². The minimum absolute atomic E-state index is 0.282. The second-order valence-electron chi connectivity index (χ2n) is 5.62. The Morgan fingerprint density at radius 3 is 2.71 bits per heavy atom. The zero-order valence-electron chi connectivity index (χ0n) is 12.3. The Bertz CT molecular complexity index is 627. The lowest BCUT2D eigenvalue weighted by Gasteiger charge is -2.32. The fraction of sp³-hybridized carbons (Fsp3) is 0.500. The van der Waals surface area contributed by atoms with Crippen molar-refractivity contribution in [3.8, 4) is 0 Å². The van der Waals surface area contributed by atoms with Crippen LogP contribution in [-0.2, 0) is 6.54 Å². The third kappa shape index (κ3) is 2.82. The Morgan fingerprint density at radius 2 is 2.10 bits per heavy atom. The predicted octanol–water partition coefficient (Wildman–Crippen LogP) is 1.48. The third-order valence-electron chi connectivity index (χ3n) is 3.98. The lowest BCUT2D eigenvalue weighted by Crippen LogP contribution is -2.35. The van der Waals surface area contributed by atoms with E-state index in [0.29, 0.717) is 12.5 Å². The van der Waals surface area contributed by atoms with Crippen LogP contribution in [0.2, 0.25) is 0 Å². The monoisotopic (exact) mass is 288 g/mol. The fourth-order valence-corrected chi connectivity index (χ4v) is 2.62. The van der Waals surface area contributed by atoms with Crippen molar-refractivity contribution in [1.82, 2.24) is 15.1 Å². The molecule has 0 radical (unpaired) electrons. The standard InChI is InChI=1S/C14H20N6O/c1-7-11(8(2)21-20-7)6-17-13-5-12(18-14(16)19-13)9-3-10(15)4-9/h5,9-10H,3-4,6,15H2,1-2H3,(H3,16,17,18,19). The number of anilines is 2. The van der Waals surface area contributed by atoms with E-state index in [1.54, 1.807) is 0 Å². The van der Waals surface area contributed by atoms with E-state index in [0.717, 1.165) is 41.4 Å². The van der Waals surface area contributed by atoms with Crippen LogP contribution in [0, 0.1) is 13.8 Å². The van der Waals surface area contributed by atoms with Gasteiger partial charge in [-0.2, -0.15) is 4.98 Å². The van der Waals surface area contributed by atoms with E-state index in [1.807, 2.05) is 19.9 Å². The number of hydrogen-bond acceptors (Lipinski definition) is 7. The van der Waals surface area contributed by atoms with Crippen molar-refractivity contribution in [2.75, 3.05) is 11.1 Å². The summed E-state index contributed by atoms with van der Waals surface area (Å²) in [5.41, 5.74) is 14.5. The molecule has 7 heteroatoms. The number of aryl methyl sites for hydroxylation is 2. The molecule has 1 fully saturated rings. The number of nitrogens with one attached hydrogen (secondary N) is 1. The van der Waals surface area contributed by atoms with Gasteiger partial charge in [0.2, 0.25) is 5.95 Å². The number of nitrogens with zero attached hydrogens (tertiary/aromatic N) is 3. The molecular weight excluding hydrogens is 268 g/mol. The molecule has 3 rings (SSSR count). The molecule has 0 saturated heterocycles. The van der Waals surface area contributed by atoms with Crippen LogP contribution >= 0.6 is 0 Å². The van der Waals surface area contributed by atoms with E-state index in [2.05, 4.69) is 20.4 Å². The Morgan fingerprint density at radius 1 is 1.33 bits per heavy atom. The molecule has 5 N–H and O–H groups in total. The molecular formula is C14H20N6O. The van der Waals surface area contributed by atoms with Crippen molar-refractivity contribution >= 4 is 11.8 Å². The number of rotatable bonds is 4. The van der Waals surface area contributed by atoms with E-state index in [1.165, 1.54) is 0 Å². The van der Waals surface area contributed by atoms with Gasteiger partial charge in [0.05, 0.1) is 11.4 Å². The molecule has 0 amide bonds. The first kappa shape index (κ1) is 13.8. The van der Waals surface area contributed by atoms with Crippen LogP contribution in [0.3, 0.4) is 0 Å². The molecule has 1 aliphatic carbocycles. The zero-order chi connectivity index (χ0) is 15.0. The summed E-state index contributed by atoms with van der Waals surface area (Å²) in [5.74, 6) is 2.21. The summed E-state index contributed by atoms with van der Waals surface area (Å²) in [6.07, 6.45) is 1.92. The third-order valence-corrected chi connectivity index (χ3v) is 3.98. The van der Waals surface area contributed by atoms with E-state index in [9.17, 15) is 0 Å². The fourth-order valence-electron chi connectivity index (χ4n) is 2.62. The average molecular weight is 288 g/mol. The van der Waals surface area contributed by atoms with Gasteiger partial charge in [0.25, 0.3) is 0 Å². The summed E-state index contributed by atoms with van der Waals surface area (Å²) in [6, 6.07) is 2.23. The van der Waals surface area contributed by atoms with Crippen molar-refractivity contribution < 1.29 is 4.52 Å². The van der Waals surface area contributed by atoms with Crippen molar-refractivity contribution in [1.29, 1.82) is 0 Å². The molecule has 2 heterocycles. The maximum atomic E-state index is 5.83. The zero-order valence-corrected chi connectivity index (χ0v) is 12.3. The molecule has 7 nitrogen and oxygen atoms in total. The van der Waals surface area contributed by atoms with Crippen molar-refractivity contribution in [3.05, 3.63) is 28.8 Å². The van der Waals surface area contributed by atoms with Crippen LogP contribution in [0.15, 0.2) is 10.6 Å².